The molecule has 1 aliphatic heterocycles. The van der Waals surface area contributed by atoms with Gasteiger partial charge in [0.1, 0.15) is 0 Å². The van der Waals surface area contributed by atoms with Crippen molar-refractivity contribution in [2.75, 3.05) is 19.6 Å². The molecule has 27 heavy (non-hydrogen) atoms. The quantitative estimate of drug-likeness (QED) is 0.771. The number of carbonyl (C=O) groups is 1. The maximum Gasteiger partial charge on any atom is 0.225 e. The summed E-state index contributed by atoms with van der Waals surface area (Å²) in [6, 6.07) is 8.61. The molecule has 1 amide bonds. The molecule has 0 unspecified atom stereocenters. The van der Waals surface area contributed by atoms with Gasteiger partial charge in [-0.1, -0.05) is 43.2 Å². The van der Waals surface area contributed by atoms with Crippen LogP contribution in [0, 0.1) is 13.8 Å². The Bertz CT molecular complexity index is 747. The van der Waals surface area contributed by atoms with E-state index in [4.69, 9.17) is 0 Å². The van der Waals surface area contributed by atoms with Crippen molar-refractivity contribution in [3.8, 4) is 11.3 Å². The Balaban J connectivity index is 1.64. The van der Waals surface area contributed by atoms with Gasteiger partial charge in [0.15, 0.2) is 0 Å². The van der Waals surface area contributed by atoms with Crippen LogP contribution in [0.15, 0.2) is 24.3 Å². The second-order valence-electron chi connectivity index (χ2n) is 7.58. The van der Waals surface area contributed by atoms with Crippen molar-refractivity contribution in [1.82, 2.24) is 15.2 Å². The molecular formula is C22H31N3OS. The van der Waals surface area contributed by atoms with Crippen LogP contribution in [0.3, 0.4) is 0 Å². The van der Waals surface area contributed by atoms with E-state index in [1.807, 2.05) is 6.92 Å². The molecule has 0 saturated carbocycles. The lowest BCUT2D eigenvalue weighted by Gasteiger charge is -2.30. The molecule has 0 bridgehead atoms. The van der Waals surface area contributed by atoms with Crippen LogP contribution in [-0.2, 0) is 11.2 Å². The van der Waals surface area contributed by atoms with E-state index in [2.05, 4.69) is 53.3 Å². The summed E-state index contributed by atoms with van der Waals surface area (Å²) in [5.74, 6) is 0.107. The van der Waals surface area contributed by atoms with Gasteiger partial charge in [0.05, 0.1) is 17.1 Å². The average molecular weight is 386 g/mol. The van der Waals surface area contributed by atoms with Crippen molar-refractivity contribution < 1.29 is 4.79 Å². The first-order valence-electron chi connectivity index (χ1n) is 10.1. The first-order chi connectivity index (χ1) is 13.0. The maximum absolute atomic E-state index is 12.7. The summed E-state index contributed by atoms with van der Waals surface area (Å²) in [5, 5.41) is 4.27. The standard InChI is InChI=1S/C22H31N3OS/c1-4-19(15-25-12-6-5-7-13-25)24-21(26)14-20-22(23-17(3)27-20)18-10-8-16(2)9-11-18/h8-11,19H,4-7,12-15H2,1-3H3,(H,24,26)/t19-/m0/s1. The van der Waals surface area contributed by atoms with Crippen LogP contribution in [0.25, 0.3) is 11.3 Å². The SMILES string of the molecule is CC[C@@H](CN1CCCCC1)NC(=O)Cc1sc(C)nc1-c1ccc(C)cc1. The van der Waals surface area contributed by atoms with E-state index < -0.39 is 0 Å². The highest BCUT2D eigenvalue weighted by Gasteiger charge is 2.19. The van der Waals surface area contributed by atoms with Gasteiger partial charge in [-0.3, -0.25) is 4.79 Å². The van der Waals surface area contributed by atoms with Crippen molar-refractivity contribution in [2.45, 2.75) is 58.9 Å². The molecule has 2 aromatic rings. The molecule has 1 atom stereocenters. The summed E-state index contributed by atoms with van der Waals surface area (Å²) in [6.45, 7) is 9.54. The molecule has 5 heteroatoms. The molecule has 0 radical (unpaired) electrons. The van der Waals surface area contributed by atoms with E-state index in [1.54, 1.807) is 11.3 Å². The van der Waals surface area contributed by atoms with Crippen LogP contribution < -0.4 is 5.32 Å². The number of aryl methyl sites for hydroxylation is 2. The number of nitrogens with zero attached hydrogens (tertiary/aromatic N) is 2. The maximum atomic E-state index is 12.7. The molecule has 3 rings (SSSR count). The summed E-state index contributed by atoms with van der Waals surface area (Å²) < 4.78 is 0. The Kier molecular flexibility index (Phi) is 7.02. The monoisotopic (exact) mass is 385 g/mol. The largest absolute Gasteiger partial charge is 0.352 e. The molecule has 1 aromatic carbocycles. The number of nitrogens with one attached hydrogen (secondary N) is 1. The van der Waals surface area contributed by atoms with Gasteiger partial charge in [0.25, 0.3) is 0 Å². The van der Waals surface area contributed by atoms with E-state index >= 15 is 0 Å². The Labute approximate surface area is 167 Å². The first-order valence-corrected chi connectivity index (χ1v) is 10.9. The number of rotatable bonds is 7. The van der Waals surface area contributed by atoms with Crippen LogP contribution in [-0.4, -0.2) is 41.5 Å². The van der Waals surface area contributed by atoms with Crippen molar-refractivity contribution >= 4 is 17.2 Å². The van der Waals surface area contributed by atoms with Crippen molar-refractivity contribution in [1.29, 1.82) is 0 Å². The Morgan fingerprint density at radius 3 is 2.56 bits per heavy atom. The third kappa shape index (κ3) is 5.63. The van der Waals surface area contributed by atoms with Crippen LogP contribution in [0.2, 0.25) is 0 Å². The number of benzene rings is 1. The van der Waals surface area contributed by atoms with E-state index in [0.717, 1.165) is 47.2 Å². The molecule has 1 aliphatic rings. The van der Waals surface area contributed by atoms with Crippen molar-refractivity contribution in [3.05, 3.63) is 39.7 Å². The second kappa shape index (κ2) is 9.47. The number of amides is 1. The van der Waals surface area contributed by atoms with Crippen molar-refractivity contribution in [2.24, 2.45) is 0 Å². The average Bonchev–Trinajstić information content (AvgIpc) is 3.02. The van der Waals surface area contributed by atoms with E-state index in [-0.39, 0.29) is 11.9 Å². The van der Waals surface area contributed by atoms with Gasteiger partial charge < -0.3 is 10.2 Å². The van der Waals surface area contributed by atoms with Gasteiger partial charge in [0.2, 0.25) is 5.91 Å². The number of thiazole rings is 1. The van der Waals surface area contributed by atoms with Gasteiger partial charge in [-0.25, -0.2) is 4.98 Å². The summed E-state index contributed by atoms with van der Waals surface area (Å²) in [5.41, 5.74) is 3.28. The lowest BCUT2D eigenvalue weighted by Crippen LogP contribution is -2.45. The summed E-state index contributed by atoms with van der Waals surface area (Å²) in [6.07, 6.45) is 5.28. The van der Waals surface area contributed by atoms with Gasteiger partial charge in [-0.05, 0) is 46.2 Å². The molecule has 1 fully saturated rings. The fraction of sp³-hybridized carbons (Fsp3) is 0.545. The molecule has 146 valence electrons. The minimum Gasteiger partial charge on any atom is -0.352 e. The van der Waals surface area contributed by atoms with Crippen LogP contribution in [0.1, 0.15) is 48.1 Å². The lowest BCUT2D eigenvalue weighted by atomic mass is 10.1. The van der Waals surface area contributed by atoms with Gasteiger partial charge in [0, 0.05) is 23.0 Å². The zero-order chi connectivity index (χ0) is 19.2. The number of hydrogen-bond donors (Lipinski definition) is 1. The van der Waals surface area contributed by atoms with E-state index in [0.29, 0.717) is 6.42 Å². The lowest BCUT2D eigenvalue weighted by molar-refractivity contribution is -0.121. The Morgan fingerprint density at radius 2 is 1.89 bits per heavy atom. The topological polar surface area (TPSA) is 45.2 Å². The predicted molar refractivity (Wildman–Crippen MR) is 113 cm³/mol. The number of piperidine rings is 1. The van der Waals surface area contributed by atoms with Crippen LogP contribution >= 0.6 is 11.3 Å². The highest BCUT2D eigenvalue weighted by atomic mass is 32.1. The Morgan fingerprint density at radius 1 is 1.19 bits per heavy atom. The van der Waals surface area contributed by atoms with E-state index in [1.165, 1.54) is 24.8 Å². The first kappa shape index (κ1) is 20.0. The normalized spacial score (nSPS) is 16.3. The van der Waals surface area contributed by atoms with Crippen LogP contribution in [0.5, 0.6) is 0 Å². The zero-order valence-corrected chi connectivity index (χ0v) is 17.6. The van der Waals surface area contributed by atoms with Gasteiger partial charge in [-0.15, -0.1) is 11.3 Å². The number of likely N-dealkylation sites (tertiary alicyclic amines) is 1. The number of hydrogen-bond acceptors (Lipinski definition) is 4. The molecule has 0 aliphatic carbocycles. The molecule has 1 N–H and O–H groups in total. The predicted octanol–water partition coefficient (Wildman–Crippen LogP) is 4.35. The smallest absolute Gasteiger partial charge is 0.225 e. The molecular weight excluding hydrogens is 354 g/mol. The summed E-state index contributed by atoms with van der Waals surface area (Å²) in [7, 11) is 0. The third-order valence-corrected chi connectivity index (χ3v) is 6.21. The molecule has 1 saturated heterocycles. The van der Waals surface area contributed by atoms with Gasteiger partial charge in [-0.2, -0.15) is 0 Å². The second-order valence-corrected chi connectivity index (χ2v) is 8.87. The number of carbonyl (C=O) groups excluding carboxylic acids is 1. The molecule has 1 aromatic heterocycles. The minimum absolute atomic E-state index is 0.107. The van der Waals surface area contributed by atoms with E-state index in [9.17, 15) is 4.79 Å². The fourth-order valence-electron chi connectivity index (χ4n) is 3.68. The highest BCUT2D eigenvalue weighted by molar-refractivity contribution is 7.12. The summed E-state index contributed by atoms with van der Waals surface area (Å²) >= 11 is 1.63. The molecule has 0 spiro atoms. The van der Waals surface area contributed by atoms with Gasteiger partial charge >= 0.3 is 0 Å². The molecule has 4 nitrogen and oxygen atoms in total. The van der Waals surface area contributed by atoms with Crippen molar-refractivity contribution in [3.63, 3.8) is 0 Å². The fourth-order valence-corrected chi connectivity index (χ4v) is 4.64. The zero-order valence-electron chi connectivity index (χ0n) is 16.8. The number of aromatic nitrogens is 1. The Hall–Kier alpha value is -1.72. The highest BCUT2D eigenvalue weighted by Crippen LogP contribution is 2.28. The summed E-state index contributed by atoms with van der Waals surface area (Å²) in [4.78, 5) is 21.0. The van der Waals surface area contributed by atoms with Crippen LogP contribution in [0.4, 0.5) is 0 Å². The minimum atomic E-state index is 0.107. The molecule has 2 heterocycles. The third-order valence-electron chi connectivity index (χ3n) is 5.24.